The number of hydrogen-bond acceptors (Lipinski definition) is 7. The van der Waals surface area contributed by atoms with Gasteiger partial charge in [-0.15, -0.1) is 0 Å². The molecule has 1 saturated heterocycles. The predicted octanol–water partition coefficient (Wildman–Crippen LogP) is 0.745. The summed E-state index contributed by atoms with van der Waals surface area (Å²) < 4.78 is 36.3. The zero-order chi connectivity index (χ0) is 19.5. The zero-order valence-corrected chi connectivity index (χ0v) is 15.1. The Morgan fingerprint density at radius 3 is 2.15 bits per heavy atom. The second-order valence-corrected chi connectivity index (χ2v) is 7.62. The maximum Gasteiger partial charge on any atom is 0.339 e. The highest BCUT2D eigenvalue weighted by atomic mass is 32.2. The van der Waals surface area contributed by atoms with Crippen molar-refractivity contribution in [3.8, 4) is 0 Å². The number of carboxylic acid groups (broad SMARTS) is 1. The quantitative estimate of drug-likeness (QED) is 0.736. The normalized spacial score (nSPS) is 16.1. The number of nitrogens with zero attached hydrogens (tertiary/aromatic N) is 1. The zero-order valence-electron chi connectivity index (χ0n) is 14.3. The van der Waals surface area contributed by atoms with Crippen molar-refractivity contribution in [2.45, 2.75) is 17.7 Å². The van der Waals surface area contributed by atoms with Crippen LogP contribution in [0.4, 0.5) is 0 Å². The van der Waals surface area contributed by atoms with E-state index in [2.05, 4.69) is 9.47 Å². The lowest BCUT2D eigenvalue weighted by Gasteiger charge is -2.29. The largest absolute Gasteiger partial charge is 0.481 e. The Bertz CT molecular complexity index is 825. The van der Waals surface area contributed by atoms with Gasteiger partial charge in [0.1, 0.15) is 0 Å². The summed E-state index contributed by atoms with van der Waals surface area (Å²) in [5, 5.41) is 9.04. The monoisotopic (exact) mass is 385 g/mol. The van der Waals surface area contributed by atoms with Gasteiger partial charge in [0.15, 0.2) is 0 Å². The van der Waals surface area contributed by atoms with Gasteiger partial charge in [-0.05, 0) is 31.0 Å². The van der Waals surface area contributed by atoms with E-state index in [1.165, 1.54) is 12.1 Å². The van der Waals surface area contributed by atoms with Crippen molar-refractivity contribution in [2.75, 3.05) is 27.3 Å². The van der Waals surface area contributed by atoms with Crippen LogP contribution in [0.15, 0.2) is 23.1 Å². The van der Waals surface area contributed by atoms with Gasteiger partial charge in [0.05, 0.1) is 36.2 Å². The molecule has 2 rings (SSSR count). The van der Waals surface area contributed by atoms with Crippen LogP contribution in [0.1, 0.15) is 33.6 Å². The number of rotatable bonds is 5. The summed E-state index contributed by atoms with van der Waals surface area (Å²) in [7, 11) is -1.86. The molecule has 1 aliphatic heterocycles. The number of aliphatic carboxylic acids is 1. The van der Waals surface area contributed by atoms with E-state index in [0.29, 0.717) is 0 Å². The third-order valence-electron chi connectivity index (χ3n) is 4.23. The fourth-order valence-corrected chi connectivity index (χ4v) is 4.42. The summed E-state index contributed by atoms with van der Waals surface area (Å²) in [6, 6.07) is 3.53. The van der Waals surface area contributed by atoms with Crippen LogP contribution in [0.3, 0.4) is 0 Å². The molecule has 0 bridgehead atoms. The molecule has 0 atom stereocenters. The van der Waals surface area contributed by atoms with Gasteiger partial charge in [-0.25, -0.2) is 18.0 Å². The minimum absolute atomic E-state index is 0.00235. The first kappa shape index (κ1) is 19.9. The minimum Gasteiger partial charge on any atom is -0.481 e. The highest BCUT2D eigenvalue weighted by Gasteiger charge is 2.35. The number of sulfonamides is 1. The number of benzene rings is 1. The highest BCUT2D eigenvalue weighted by molar-refractivity contribution is 7.89. The summed E-state index contributed by atoms with van der Waals surface area (Å²) in [6.45, 7) is 0.00469. The number of hydrogen-bond donors (Lipinski definition) is 1. The van der Waals surface area contributed by atoms with Crippen molar-refractivity contribution >= 4 is 27.9 Å². The van der Waals surface area contributed by atoms with Crippen LogP contribution >= 0.6 is 0 Å². The first-order chi connectivity index (χ1) is 12.2. The van der Waals surface area contributed by atoms with Crippen LogP contribution in [0.25, 0.3) is 0 Å². The third kappa shape index (κ3) is 3.86. The molecule has 1 aliphatic rings. The molecular weight excluding hydrogens is 366 g/mol. The molecular formula is C16H19NO8S. The maximum absolute atomic E-state index is 13.0. The van der Waals surface area contributed by atoms with Crippen molar-refractivity contribution in [2.24, 2.45) is 5.92 Å². The fourth-order valence-electron chi connectivity index (χ4n) is 2.74. The molecule has 0 saturated carbocycles. The van der Waals surface area contributed by atoms with Crippen molar-refractivity contribution in [3.63, 3.8) is 0 Å². The van der Waals surface area contributed by atoms with E-state index in [-0.39, 0.29) is 42.0 Å². The van der Waals surface area contributed by atoms with Gasteiger partial charge in [-0.3, -0.25) is 4.79 Å². The van der Waals surface area contributed by atoms with Gasteiger partial charge in [0.25, 0.3) is 0 Å². The second kappa shape index (κ2) is 7.83. The van der Waals surface area contributed by atoms with E-state index in [1.807, 2.05) is 0 Å². The first-order valence-electron chi connectivity index (χ1n) is 7.76. The highest BCUT2D eigenvalue weighted by Crippen LogP contribution is 2.27. The van der Waals surface area contributed by atoms with Gasteiger partial charge in [0, 0.05) is 13.1 Å². The topological polar surface area (TPSA) is 127 Å². The Hall–Kier alpha value is -2.46. The molecule has 1 aromatic carbocycles. The Morgan fingerprint density at radius 1 is 1.08 bits per heavy atom. The number of carboxylic acids is 1. The van der Waals surface area contributed by atoms with Gasteiger partial charge in [0.2, 0.25) is 10.0 Å². The van der Waals surface area contributed by atoms with Crippen LogP contribution in [-0.4, -0.2) is 63.0 Å². The number of carbonyl (C=O) groups excluding carboxylic acids is 2. The van der Waals surface area contributed by atoms with E-state index in [1.54, 1.807) is 0 Å². The van der Waals surface area contributed by atoms with E-state index in [9.17, 15) is 22.8 Å². The second-order valence-electron chi connectivity index (χ2n) is 5.71. The van der Waals surface area contributed by atoms with E-state index in [0.717, 1.165) is 24.6 Å². The average molecular weight is 385 g/mol. The minimum atomic E-state index is -4.13. The summed E-state index contributed by atoms with van der Waals surface area (Å²) in [4.78, 5) is 34.3. The fraction of sp³-hybridized carbons (Fsp3) is 0.438. The van der Waals surface area contributed by atoms with E-state index >= 15 is 0 Å². The molecule has 1 fully saturated rings. The SMILES string of the molecule is COC(=O)c1ccc(C(=O)OC)c(S(=O)(=O)N2CCC(C(=O)O)CC2)c1. The Labute approximate surface area is 150 Å². The molecule has 10 heteroatoms. The molecule has 1 heterocycles. The molecule has 1 N–H and O–H groups in total. The molecule has 26 heavy (non-hydrogen) atoms. The van der Waals surface area contributed by atoms with Gasteiger partial charge < -0.3 is 14.6 Å². The number of piperidine rings is 1. The van der Waals surface area contributed by atoms with Crippen LogP contribution in [0.2, 0.25) is 0 Å². The third-order valence-corrected chi connectivity index (χ3v) is 6.17. The van der Waals surface area contributed by atoms with Gasteiger partial charge in [-0.2, -0.15) is 4.31 Å². The predicted molar refractivity (Wildman–Crippen MR) is 88.2 cm³/mol. The Balaban J connectivity index is 2.45. The van der Waals surface area contributed by atoms with E-state index < -0.39 is 33.8 Å². The molecule has 0 spiro atoms. The summed E-state index contributed by atoms with van der Waals surface area (Å²) in [6.07, 6.45) is 0.331. The summed E-state index contributed by atoms with van der Waals surface area (Å²) in [5.74, 6) is -3.18. The summed E-state index contributed by atoms with van der Waals surface area (Å²) >= 11 is 0. The van der Waals surface area contributed by atoms with Crippen molar-refractivity contribution in [1.82, 2.24) is 4.31 Å². The Kier molecular flexibility index (Phi) is 5.98. The smallest absolute Gasteiger partial charge is 0.339 e. The maximum atomic E-state index is 13.0. The molecule has 0 aliphatic carbocycles. The average Bonchev–Trinajstić information content (AvgIpc) is 2.66. The van der Waals surface area contributed by atoms with Crippen LogP contribution in [0.5, 0.6) is 0 Å². The van der Waals surface area contributed by atoms with Gasteiger partial charge in [-0.1, -0.05) is 0 Å². The molecule has 0 amide bonds. The van der Waals surface area contributed by atoms with Crippen LogP contribution in [0, 0.1) is 5.92 Å². The lowest BCUT2D eigenvalue weighted by atomic mass is 9.99. The molecule has 1 aromatic rings. The number of carbonyl (C=O) groups is 3. The van der Waals surface area contributed by atoms with Crippen molar-refractivity contribution in [1.29, 1.82) is 0 Å². The molecule has 9 nitrogen and oxygen atoms in total. The Morgan fingerprint density at radius 2 is 1.65 bits per heavy atom. The summed E-state index contributed by atoms with van der Waals surface area (Å²) in [5.41, 5.74) is -0.236. The van der Waals surface area contributed by atoms with Crippen molar-refractivity contribution < 1.29 is 37.4 Å². The van der Waals surface area contributed by atoms with Crippen LogP contribution < -0.4 is 0 Å². The lowest BCUT2D eigenvalue weighted by molar-refractivity contribution is -0.142. The standard InChI is InChI=1S/C16H19NO8S/c1-24-15(20)11-3-4-12(16(21)25-2)13(9-11)26(22,23)17-7-5-10(6-8-17)14(18)19/h3-4,9-10H,5-8H2,1-2H3,(H,18,19). The first-order valence-corrected chi connectivity index (χ1v) is 9.20. The van der Waals surface area contributed by atoms with Crippen molar-refractivity contribution in [3.05, 3.63) is 29.3 Å². The molecule has 0 unspecified atom stereocenters. The molecule has 0 radical (unpaired) electrons. The van der Waals surface area contributed by atoms with Crippen LogP contribution in [-0.2, 0) is 24.3 Å². The van der Waals surface area contributed by atoms with Gasteiger partial charge >= 0.3 is 17.9 Å². The molecule has 142 valence electrons. The number of methoxy groups -OCH3 is 2. The number of ether oxygens (including phenoxy) is 2. The molecule has 0 aromatic heterocycles. The lowest BCUT2D eigenvalue weighted by Crippen LogP contribution is -2.40. The number of esters is 2. The van der Waals surface area contributed by atoms with E-state index in [4.69, 9.17) is 5.11 Å².